The fourth-order valence-corrected chi connectivity index (χ4v) is 7.40. The smallest absolute Gasteiger partial charge is 0.154 e. The molecule has 0 spiro atoms. The Morgan fingerprint density at radius 2 is 0.478 bits per heavy atom. The van der Waals surface area contributed by atoms with E-state index < -0.39 is 0 Å². The maximum Gasteiger partial charge on any atom is 0.154 e. The van der Waals surface area contributed by atoms with Crippen LogP contribution in [0.2, 0.25) is 0 Å². The highest BCUT2D eigenvalue weighted by Crippen LogP contribution is 2.28. The molecule has 0 N–H and O–H groups in total. The van der Waals surface area contributed by atoms with Gasteiger partial charge in [0.25, 0.3) is 0 Å². The zero-order valence-electron chi connectivity index (χ0n) is 44.4. The number of aryl methyl sites for hydroxylation is 6. The van der Waals surface area contributed by atoms with Crippen molar-refractivity contribution in [2.24, 2.45) is 47.3 Å². The first-order chi connectivity index (χ1) is 30.3. The molecule has 67 heavy (non-hydrogen) atoms. The van der Waals surface area contributed by atoms with Gasteiger partial charge in [-0.1, -0.05) is 226 Å². The van der Waals surface area contributed by atoms with E-state index in [1.807, 2.05) is 40.1 Å². The van der Waals surface area contributed by atoms with E-state index in [9.17, 15) is 0 Å². The summed E-state index contributed by atoms with van der Waals surface area (Å²) >= 11 is 0. The summed E-state index contributed by atoms with van der Waals surface area (Å²) in [4.78, 5) is 7.94. The van der Waals surface area contributed by atoms with Gasteiger partial charge in [0.1, 0.15) is 5.82 Å². The average molecular weight is 938 g/mol. The lowest BCUT2D eigenvalue weighted by Crippen LogP contribution is -2.27. The van der Waals surface area contributed by atoms with Crippen molar-refractivity contribution in [1.82, 2.24) is 9.97 Å². The van der Waals surface area contributed by atoms with Crippen LogP contribution in [-0.2, 0) is 18.9 Å². The van der Waals surface area contributed by atoms with Crippen molar-refractivity contribution in [3.63, 3.8) is 0 Å². The molecular formula is C61H112N2O4. The van der Waals surface area contributed by atoms with Crippen molar-refractivity contribution >= 4 is 0 Å². The van der Waals surface area contributed by atoms with Crippen molar-refractivity contribution in [1.29, 1.82) is 0 Å². The van der Waals surface area contributed by atoms with E-state index in [0.29, 0.717) is 11.8 Å². The largest absolute Gasteiger partial charge is 0.353 e. The van der Waals surface area contributed by atoms with Crippen LogP contribution in [0.25, 0.3) is 0 Å². The molecule has 1 aromatic heterocycles. The van der Waals surface area contributed by atoms with Crippen LogP contribution in [0, 0.1) is 88.9 Å². The van der Waals surface area contributed by atoms with E-state index in [2.05, 4.69) is 142 Å². The van der Waals surface area contributed by atoms with Crippen molar-refractivity contribution in [2.45, 2.75) is 223 Å². The second-order valence-electron chi connectivity index (χ2n) is 20.9. The molecule has 0 unspecified atom stereocenters. The van der Waals surface area contributed by atoms with E-state index in [4.69, 9.17) is 18.9 Å². The summed E-state index contributed by atoms with van der Waals surface area (Å²) < 4.78 is 20.7. The molecule has 6 heteroatoms. The van der Waals surface area contributed by atoms with Crippen LogP contribution < -0.4 is 0 Å². The quantitative estimate of drug-likeness (QED) is 0.224. The van der Waals surface area contributed by atoms with E-state index in [1.54, 1.807) is 0 Å². The summed E-state index contributed by atoms with van der Waals surface area (Å²) in [7, 11) is 0. The zero-order chi connectivity index (χ0) is 47.9. The molecule has 3 saturated carbocycles. The number of rotatable bonds is 0. The second kappa shape index (κ2) is 41.2. The molecule has 5 aliphatic rings. The summed E-state index contributed by atoms with van der Waals surface area (Å²) in [6.45, 7) is 37.9. The molecule has 5 fully saturated rings. The van der Waals surface area contributed by atoms with E-state index in [1.165, 1.54) is 99.3 Å². The minimum Gasteiger partial charge on any atom is -0.353 e. The lowest BCUT2D eigenvalue weighted by Gasteiger charge is -2.24. The third-order valence-corrected chi connectivity index (χ3v) is 12.7. The molecule has 8 rings (SSSR count). The lowest BCUT2D eigenvalue weighted by atomic mass is 9.84. The predicted molar refractivity (Wildman–Crippen MR) is 295 cm³/mol. The zero-order valence-corrected chi connectivity index (χ0v) is 44.4. The van der Waals surface area contributed by atoms with Gasteiger partial charge in [0, 0.05) is 24.2 Å². The van der Waals surface area contributed by atoms with Gasteiger partial charge in [0.05, 0.1) is 26.4 Å². The summed E-state index contributed by atoms with van der Waals surface area (Å²) in [5.41, 5.74) is 6.42. The Balaban J connectivity index is -0.000000694. The molecule has 3 aromatic rings. The minimum atomic E-state index is 0. The molecule has 2 aromatic carbocycles. The van der Waals surface area contributed by atoms with Crippen LogP contribution in [-0.4, -0.2) is 49.0 Å². The molecule has 0 amide bonds. The molecule has 6 nitrogen and oxygen atoms in total. The summed E-state index contributed by atoms with van der Waals surface area (Å²) in [6, 6.07) is 17.0. The van der Waals surface area contributed by atoms with Gasteiger partial charge in [0.15, 0.2) is 12.6 Å². The summed E-state index contributed by atoms with van der Waals surface area (Å²) in [5.74, 6) is 8.10. The third kappa shape index (κ3) is 39.9. The van der Waals surface area contributed by atoms with Gasteiger partial charge in [-0.3, -0.25) is 0 Å². The highest BCUT2D eigenvalue weighted by molar-refractivity contribution is 5.20. The second-order valence-corrected chi connectivity index (χ2v) is 20.9. The van der Waals surface area contributed by atoms with E-state index >= 15 is 0 Å². The molecule has 2 aliphatic heterocycles. The molecule has 2 saturated heterocycles. The van der Waals surface area contributed by atoms with Gasteiger partial charge in [-0.15, -0.1) is 0 Å². The normalized spacial score (nSPS) is 27.0. The Morgan fingerprint density at radius 1 is 0.299 bits per heavy atom. The maximum absolute atomic E-state index is 5.17. The van der Waals surface area contributed by atoms with Crippen molar-refractivity contribution in [2.75, 3.05) is 26.4 Å². The summed E-state index contributed by atoms with van der Waals surface area (Å²) in [5, 5.41) is 0. The third-order valence-electron chi connectivity index (χ3n) is 12.7. The molecular weight excluding hydrogens is 825 g/mol. The first-order valence-electron chi connectivity index (χ1n) is 25.6. The minimum absolute atomic E-state index is 0. The van der Waals surface area contributed by atoms with E-state index in [0.717, 1.165) is 73.3 Å². The lowest BCUT2D eigenvalue weighted by molar-refractivity contribution is -0.187. The first kappa shape index (κ1) is 68.6. The Bertz CT molecular complexity index is 1140. The topological polar surface area (TPSA) is 62.7 Å². The van der Waals surface area contributed by atoms with Gasteiger partial charge < -0.3 is 18.9 Å². The fourth-order valence-electron chi connectivity index (χ4n) is 7.40. The van der Waals surface area contributed by atoms with Gasteiger partial charge in [0.2, 0.25) is 0 Å². The molecule has 0 atom stereocenters. The van der Waals surface area contributed by atoms with Crippen LogP contribution in [0.15, 0.2) is 60.9 Å². The van der Waals surface area contributed by atoms with E-state index in [-0.39, 0.29) is 34.9 Å². The van der Waals surface area contributed by atoms with Gasteiger partial charge in [-0.05, 0) is 96.5 Å². The van der Waals surface area contributed by atoms with Crippen LogP contribution in [0.5, 0.6) is 0 Å². The van der Waals surface area contributed by atoms with Crippen molar-refractivity contribution < 1.29 is 18.9 Å². The number of benzene rings is 2. The molecule has 0 radical (unpaired) electrons. The molecule has 3 heterocycles. The summed E-state index contributed by atoms with van der Waals surface area (Å²) in [6.07, 6.45) is 21.3. The molecule has 390 valence electrons. The van der Waals surface area contributed by atoms with Gasteiger partial charge >= 0.3 is 0 Å². The van der Waals surface area contributed by atoms with Crippen LogP contribution >= 0.6 is 0 Å². The first-order valence-corrected chi connectivity index (χ1v) is 25.6. The highest BCUT2D eigenvalue weighted by Gasteiger charge is 2.16. The van der Waals surface area contributed by atoms with Crippen LogP contribution in [0.4, 0.5) is 0 Å². The van der Waals surface area contributed by atoms with Crippen molar-refractivity contribution in [3.05, 3.63) is 94.6 Å². The Morgan fingerprint density at radius 3 is 0.627 bits per heavy atom. The van der Waals surface area contributed by atoms with Crippen molar-refractivity contribution in [3.8, 4) is 0 Å². The number of hydrogen-bond donors (Lipinski definition) is 0. The highest BCUT2D eigenvalue weighted by atomic mass is 16.7. The Hall–Kier alpha value is -2.64. The maximum atomic E-state index is 5.17. The van der Waals surface area contributed by atoms with Gasteiger partial charge in [-0.25, -0.2) is 9.97 Å². The van der Waals surface area contributed by atoms with Crippen LogP contribution in [0.1, 0.15) is 202 Å². The average Bonchev–Trinajstić information content (AvgIpc) is 3.28. The number of ether oxygens (including phenoxy) is 4. The molecule has 0 bridgehead atoms. The number of hydrogen-bond acceptors (Lipinski definition) is 6. The van der Waals surface area contributed by atoms with Crippen LogP contribution in [0.3, 0.4) is 0 Å². The molecule has 3 aliphatic carbocycles. The number of nitrogens with zero attached hydrogens (tertiary/aromatic N) is 2. The fraction of sp³-hybridized carbons (Fsp3) is 0.738. The monoisotopic (exact) mass is 937 g/mol. The Labute approximate surface area is 418 Å². The standard InChI is InChI=1S/3C8H16.2C8H10.C6H8N2.2C6H12O2.3CH4/c5*1-7-3-5-8(2)6-4-7;3*1-5-3-7-6(2)8-4-5;;;/h3*7-8H,3-6H2,1-2H3;2*3-6H,1-2H3;3-4H,1-2H3;2*5-6H,3-4H2,1-2H3;3*1H4. The number of aromatic nitrogens is 2. The van der Waals surface area contributed by atoms with Gasteiger partial charge in [-0.2, -0.15) is 0 Å². The predicted octanol–water partition coefficient (Wildman–Crippen LogP) is 18.1. The Kier molecular flexibility index (Phi) is 42.2. The SMILES string of the molecule is C.C.C.CC1CCC(C)CC1.CC1CCC(C)CC1.CC1CCC(C)CC1.CC1COC(C)OC1.CC1COC(C)OC1.Cc1ccc(C)cc1.Cc1ccc(C)cc1.Cc1cnc(C)nc1.